The van der Waals surface area contributed by atoms with Crippen molar-refractivity contribution in [2.75, 3.05) is 0 Å². The van der Waals surface area contributed by atoms with E-state index in [9.17, 15) is 10.1 Å². The molecular formula is C2H5N3O2. The van der Waals surface area contributed by atoms with Crippen LogP contribution in [-0.4, -0.2) is 4.92 Å². The molecule has 0 rings (SSSR count). The van der Waals surface area contributed by atoms with Crippen LogP contribution >= 0.6 is 0 Å². The van der Waals surface area contributed by atoms with E-state index in [-0.39, 0.29) is 0 Å². The van der Waals surface area contributed by atoms with E-state index in [2.05, 4.69) is 5.84 Å². The van der Waals surface area contributed by atoms with Crippen molar-refractivity contribution in [1.82, 2.24) is 5.43 Å². The van der Waals surface area contributed by atoms with Gasteiger partial charge in [0.25, 0.3) is 6.20 Å². The van der Waals surface area contributed by atoms with Crippen molar-refractivity contribution in [1.29, 1.82) is 0 Å². The standard InChI is InChI=1S/C2H5N3O2/c3-4-1-2-5(6)7/h1-2,4H,3H2. The Morgan fingerprint density at radius 2 is 2.43 bits per heavy atom. The van der Waals surface area contributed by atoms with Crippen LogP contribution in [0, 0.1) is 10.1 Å². The van der Waals surface area contributed by atoms with Crippen LogP contribution in [0.3, 0.4) is 0 Å². The van der Waals surface area contributed by atoms with E-state index < -0.39 is 4.92 Å². The molecule has 40 valence electrons. The van der Waals surface area contributed by atoms with Gasteiger partial charge < -0.3 is 5.43 Å². The van der Waals surface area contributed by atoms with Crippen LogP contribution in [0.1, 0.15) is 0 Å². The first-order chi connectivity index (χ1) is 3.27. The number of nitrogens with zero attached hydrogens (tertiary/aromatic N) is 1. The van der Waals surface area contributed by atoms with Gasteiger partial charge >= 0.3 is 0 Å². The molecule has 3 N–H and O–H groups in total. The number of hydrogen-bond acceptors (Lipinski definition) is 4. The maximum Gasteiger partial charge on any atom is 0.251 e. The highest BCUT2D eigenvalue weighted by molar-refractivity contribution is 4.63. The minimum absolute atomic E-state index is 0.611. The molecule has 0 aromatic heterocycles. The minimum Gasteiger partial charge on any atom is -0.325 e. The molecule has 5 nitrogen and oxygen atoms in total. The quantitative estimate of drug-likeness (QED) is 0.272. The van der Waals surface area contributed by atoms with Crippen molar-refractivity contribution in [3.63, 3.8) is 0 Å². The topological polar surface area (TPSA) is 81.2 Å². The fourth-order valence-electron chi connectivity index (χ4n) is 0.104. The highest BCUT2D eigenvalue weighted by Crippen LogP contribution is 1.64. The summed E-state index contributed by atoms with van der Waals surface area (Å²) >= 11 is 0. The van der Waals surface area contributed by atoms with Crippen molar-refractivity contribution in [2.24, 2.45) is 5.84 Å². The molecule has 0 spiro atoms. The first-order valence-electron chi connectivity index (χ1n) is 1.53. The molecule has 0 aliphatic rings. The molecule has 0 radical (unpaired) electrons. The van der Waals surface area contributed by atoms with Gasteiger partial charge in [-0.2, -0.15) is 0 Å². The Morgan fingerprint density at radius 3 is 2.57 bits per heavy atom. The lowest BCUT2D eigenvalue weighted by Crippen LogP contribution is -2.13. The highest BCUT2D eigenvalue weighted by Gasteiger charge is 1.77. The molecule has 0 saturated heterocycles. The van der Waals surface area contributed by atoms with E-state index in [1.165, 1.54) is 0 Å². The zero-order chi connectivity index (χ0) is 5.70. The van der Waals surface area contributed by atoms with E-state index in [4.69, 9.17) is 0 Å². The second-order valence-electron chi connectivity index (χ2n) is 0.768. The smallest absolute Gasteiger partial charge is 0.251 e. The van der Waals surface area contributed by atoms with Crippen LogP contribution in [0.2, 0.25) is 0 Å². The summed E-state index contributed by atoms with van der Waals surface area (Å²) in [5.41, 5.74) is 1.98. The maximum atomic E-state index is 9.38. The fraction of sp³-hybridized carbons (Fsp3) is 0. The second-order valence-corrected chi connectivity index (χ2v) is 0.768. The van der Waals surface area contributed by atoms with Gasteiger partial charge in [0.05, 0.1) is 11.1 Å². The van der Waals surface area contributed by atoms with Crippen LogP contribution in [0.5, 0.6) is 0 Å². The van der Waals surface area contributed by atoms with Crippen LogP contribution < -0.4 is 11.3 Å². The lowest BCUT2D eigenvalue weighted by Gasteiger charge is -1.77. The predicted octanol–water partition coefficient (Wildman–Crippen LogP) is -0.802. The van der Waals surface area contributed by atoms with Gasteiger partial charge in [0.15, 0.2) is 0 Å². The third-order valence-corrected chi connectivity index (χ3v) is 0.292. The molecule has 0 aromatic rings. The Labute approximate surface area is 39.9 Å². The van der Waals surface area contributed by atoms with Crippen molar-refractivity contribution >= 4 is 0 Å². The largest absolute Gasteiger partial charge is 0.325 e. The Morgan fingerprint density at radius 1 is 1.86 bits per heavy atom. The fourth-order valence-corrected chi connectivity index (χ4v) is 0.104. The third-order valence-electron chi connectivity index (χ3n) is 0.292. The van der Waals surface area contributed by atoms with E-state index in [0.717, 1.165) is 6.20 Å². The number of nitro groups is 1. The predicted molar refractivity (Wildman–Crippen MR) is 23.5 cm³/mol. The van der Waals surface area contributed by atoms with Gasteiger partial charge in [-0.05, 0) is 0 Å². The zero-order valence-electron chi connectivity index (χ0n) is 3.50. The van der Waals surface area contributed by atoms with Crippen molar-refractivity contribution in [3.8, 4) is 0 Å². The first kappa shape index (κ1) is 5.90. The van der Waals surface area contributed by atoms with Crippen molar-refractivity contribution in [2.45, 2.75) is 0 Å². The normalized spacial score (nSPS) is 9.29. The monoisotopic (exact) mass is 103 g/mol. The zero-order valence-corrected chi connectivity index (χ0v) is 3.50. The molecule has 0 saturated carbocycles. The average Bonchev–Trinajstić information content (AvgIpc) is 1.61. The summed E-state index contributed by atoms with van der Waals surface area (Å²) in [7, 11) is 0. The minimum atomic E-state index is -0.611. The van der Waals surface area contributed by atoms with E-state index >= 15 is 0 Å². The summed E-state index contributed by atoms with van der Waals surface area (Å²) in [6, 6.07) is 0. The molecular weight excluding hydrogens is 98.0 g/mol. The molecule has 0 fully saturated rings. The number of hydrogen-bond donors (Lipinski definition) is 2. The molecule has 0 aliphatic carbocycles. The number of nitrogens with one attached hydrogen (secondary N) is 1. The van der Waals surface area contributed by atoms with Crippen LogP contribution in [-0.2, 0) is 0 Å². The number of rotatable bonds is 2. The van der Waals surface area contributed by atoms with Crippen molar-refractivity contribution in [3.05, 3.63) is 22.5 Å². The van der Waals surface area contributed by atoms with Gasteiger partial charge in [-0.3, -0.25) is 16.0 Å². The van der Waals surface area contributed by atoms with E-state index in [1.54, 1.807) is 0 Å². The summed E-state index contributed by atoms with van der Waals surface area (Å²) < 4.78 is 0. The highest BCUT2D eigenvalue weighted by atomic mass is 16.6. The van der Waals surface area contributed by atoms with E-state index in [1.807, 2.05) is 5.43 Å². The van der Waals surface area contributed by atoms with Gasteiger partial charge in [0, 0.05) is 0 Å². The van der Waals surface area contributed by atoms with Crippen LogP contribution in [0.4, 0.5) is 0 Å². The van der Waals surface area contributed by atoms with Gasteiger partial charge in [-0.1, -0.05) is 0 Å². The SMILES string of the molecule is NNC=C[N+](=O)[O-]. The summed E-state index contributed by atoms with van der Waals surface area (Å²) in [6.45, 7) is 0. The molecule has 0 heterocycles. The molecule has 0 atom stereocenters. The molecule has 0 aromatic carbocycles. The summed E-state index contributed by atoms with van der Waals surface area (Å²) in [5.74, 6) is 4.64. The number of hydrazine groups is 1. The third kappa shape index (κ3) is 4.90. The van der Waals surface area contributed by atoms with Crippen molar-refractivity contribution < 1.29 is 4.92 Å². The van der Waals surface area contributed by atoms with Gasteiger partial charge in [0.1, 0.15) is 0 Å². The first-order valence-corrected chi connectivity index (χ1v) is 1.53. The lowest BCUT2D eigenvalue weighted by molar-refractivity contribution is -0.402. The van der Waals surface area contributed by atoms with Gasteiger partial charge in [-0.15, -0.1) is 0 Å². The Hall–Kier alpha value is -1.10. The summed E-state index contributed by atoms with van der Waals surface area (Å²) in [5, 5.41) is 9.38. The van der Waals surface area contributed by atoms with Crippen LogP contribution in [0.25, 0.3) is 0 Å². The Balaban J connectivity index is 3.26. The molecule has 0 bridgehead atoms. The summed E-state index contributed by atoms with van der Waals surface area (Å²) in [4.78, 5) is 8.77. The Bertz CT molecular complexity index is 88.9. The van der Waals surface area contributed by atoms with Gasteiger partial charge in [0.2, 0.25) is 0 Å². The molecule has 0 aliphatic heterocycles. The molecule has 0 amide bonds. The Kier molecular flexibility index (Phi) is 2.62. The molecule has 0 unspecified atom stereocenters. The molecule has 7 heavy (non-hydrogen) atoms. The van der Waals surface area contributed by atoms with Crippen LogP contribution in [0.15, 0.2) is 12.4 Å². The molecule has 5 heteroatoms. The second kappa shape index (κ2) is 3.10. The van der Waals surface area contributed by atoms with Gasteiger partial charge in [-0.25, -0.2) is 0 Å². The van der Waals surface area contributed by atoms with E-state index in [0.29, 0.717) is 6.20 Å². The average molecular weight is 103 g/mol. The summed E-state index contributed by atoms with van der Waals surface area (Å²) in [6.07, 6.45) is 1.74. The maximum absolute atomic E-state index is 9.38. The number of nitrogens with two attached hydrogens (primary N) is 1. The lowest BCUT2D eigenvalue weighted by atomic mass is 10.9.